The molecule has 166 valence electrons. The molecule has 1 N–H and O–H groups in total. The van der Waals surface area contributed by atoms with E-state index < -0.39 is 5.60 Å². The van der Waals surface area contributed by atoms with Crippen LogP contribution in [0.5, 0.6) is 0 Å². The van der Waals surface area contributed by atoms with E-state index in [0.717, 1.165) is 28.7 Å². The molecule has 3 heteroatoms. The van der Waals surface area contributed by atoms with Crippen molar-refractivity contribution < 1.29 is 14.6 Å². The van der Waals surface area contributed by atoms with E-state index in [4.69, 9.17) is 9.47 Å². The Hall–Kier alpha value is -2.72. The highest BCUT2D eigenvalue weighted by atomic mass is 16.6. The summed E-state index contributed by atoms with van der Waals surface area (Å²) in [4.78, 5) is 0. The van der Waals surface area contributed by atoms with Gasteiger partial charge in [-0.1, -0.05) is 103 Å². The van der Waals surface area contributed by atoms with Crippen molar-refractivity contribution in [1.82, 2.24) is 0 Å². The van der Waals surface area contributed by atoms with E-state index in [0.29, 0.717) is 13.0 Å². The topological polar surface area (TPSA) is 38.7 Å². The molecule has 3 aromatic rings. The highest BCUT2D eigenvalue weighted by Gasteiger charge is 2.41. The van der Waals surface area contributed by atoms with Crippen molar-refractivity contribution in [3.05, 3.63) is 120 Å². The number of hydrogen-bond acceptors (Lipinski definition) is 3. The Morgan fingerprint density at radius 1 is 0.906 bits per heavy atom. The first-order chi connectivity index (χ1) is 15.6. The van der Waals surface area contributed by atoms with Crippen molar-refractivity contribution in [1.29, 1.82) is 0 Å². The van der Waals surface area contributed by atoms with Gasteiger partial charge in [-0.05, 0) is 36.5 Å². The van der Waals surface area contributed by atoms with E-state index >= 15 is 0 Å². The largest absolute Gasteiger partial charge is 0.396 e. The lowest BCUT2D eigenvalue weighted by Crippen LogP contribution is -2.35. The zero-order valence-corrected chi connectivity index (χ0v) is 18.7. The molecule has 0 spiro atoms. The molecule has 1 aliphatic rings. The van der Waals surface area contributed by atoms with E-state index in [1.807, 2.05) is 25.1 Å². The molecular weight excluding hydrogens is 396 g/mol. The zero-order valence-electron chi connectivity index (χ0n) is 18.7. The maximum absolute atomic E-state index is 9.48. The van der Waals surface area contributed by atoms with Gasteiger partial charge in [0.25, 0.3) is 0 Å². The summed E-state index contributed by atoms with van der Waals surface area (Å²) in [6.45, 7) is 6.76. The van der Waals surface area contributed by atoms with Gasteiger partial charge < -0.3 is 14.6 Å². The van der Waals surface area contributed by atoms with Gasteiger partial charge in [0.1, 0.15) is 5.60 Å². The molecular formula is C29H32O3. The van der Waals surface area contributed by atoms with Gasteiger partial charge in [-0.2, -0.15) is 0 Å². The molecule has 0 bridgehead atoms. The first kappa shape index (κ1) is 22.5. The molecule has 32 heavy (non-hydrogen) atoms. The number of benzene rings is 3. The number of hydrogen-bond donors (Lipinski definition) is 1. The van der Waals surface area contributed by atoms with E-state index in [-0.39, 0.29) is 24.7 Å². The Labute approximate surface area is 191 Å². The highest BCUT2D eigenvalue weighted by Crippen LogP contribution is 2.42. The van der Waals surface area contributed by atoms with Crippen molar-refractivity contribution >= 4 is 0 Å². The summed E-state index contributed by atoms with van der Waals surface area (Å²) >= 11 is 0. The van der Waals surface area contributed by atoms with Crippen LogP contribution < -0.4 is 0 Å². The first-order valence-electron chi connectivity index (χ1n) is 11.4. The number of aliphatic hydroxyl groups is 1. The van der Waals surface area contributed by atoms with Gasteiger partial charge in [-0.3, -0.25) is 0 Å². The molecule has 0 unspecified atom stereocenters. The highest BCUT2D eigenvalue weighted by molar-refractivity contribution is 5.47. The molecule has 1 heterocycles. The minimum Gasteiger partial charge on any atom is -0.396 e. The Balaban J connectivity index is 1.71. The summed E-state index contributed by atoms with van der Waals surface area (Å²) in [6, 6.07) is 31.2. The molecule has 1 saturated heterocycles. The second-order valence-electron chi connectivity index (χ2n) is 8.59. The first-order valence-corrected chi connectivity index (χ1v) is 11.4. The van der Waals surface area contributed by atoms with Crippen LogP contribution in [0.3, 0.4) is 0 Å². The number of aliphatic hydroxyl groups excluding tert-OH is 1. The molecule has 0 radical (unpaired) electrons. The van der Waals surface area contributed by atoms with Gasteiger partial charge in [0.2, 0.25) is 0 Å². The van der Waals surface area contributed by atoms with Crippen molar-refractivity contribution in [3.8, 4) is 0 Å². The molecule has 4 rings (SSSR count). The smallest absolute Gasteiger partial charge is 0.143 e. The van der Waals surface area contributed by atoms with Crippen molar-refractivity contribution in [3.63, 3.8) is 0 Å². The predicted molar refractivity (Wildman–Crippen MR) is 128 cm³/mol. The van der Waals surface area contributed by atoms with Crippen LogP contribution >= 0.6 is 0 Å². The Morgan fingerprint density at radius 2 is 1.38 bits per heavy atom. The van der Waals surface area contributed by atoms with E-state index in [1.54, 1.807) is 0 Å². The molecule has 0 aromatic heterocycles. The quantitative estimate of drug-likeness (QED) is 0.350. The molecule has 0 saturated carbocycles. The summed E-state index contributed by atoms with van der Waals surface area (Å²) in [5.74, 6) is 0.246. The molecule has 3 atom stereocenters. The summed E-state index contributed by atoms with van der Waals surface area (Å²) in [5.41, 5.74) is 3.60. The third kappa shape index (κ3) is 4.56. The van der Waals surface area contributed by atoms with Crippen LogP contribution in [0.4, 0.5) is 0 Å². The fourth-order valence-electron chi connectivity index (χ4n) is 4.84. The molecule has 3 nitrogen and oxygen atoms in total. The predicted octanol–water partition coefficient (Wildman–Crippen LogP) is 5.73. The minimum absolute atomic E-state index is 0.00863. The fraction of sp³-hybridized carbons (Fsp3) is 0.310. The van der Waals surface area contributed by atoms with Crippen LogP contribution in [-0.4, -0.2) is 30.5 Å². The minimum atomic E-state index is -0.749. The van der Waals surface area contributed by atoms with Crippen LogP contribution in [0.25, 0.3) is 0 Å². The summed E-state index contributed by atoms with van der Waals surface area (Å²) in [5, 5.41) is 9.48. The van der Waals surface area contributed by atoms with Gasteiger partial charge in [-0.15, -0.1) is 0 Å². The standard InChI is InChI=1S/C29H32O3/c1-22(2)27-20-26(32-28(27)18-19-30)21-31-29(23-12-6-3-7-13-23,24-14-8-4-9-15-24)25-16-10-5-11-17-25/h3-17,26-28,30H,1,18-21H2,2H3/t26-,27-,28-/m1/s1. The van der Waals surface area contributed by atoms with Gasteiger partial charge in [0, 0.05) is 12.5 Å². The van der Waals surface area contributed by atoms with Crippen LogP contribution in [0.2, 0.25) is 0 Å². The summed E-state index contributed by atoms with van der Waals surface area (Å²) < 4.78 is 13.2. The maximum atomic E-state index is 9.48. The average molecular weight is 429 g/mol. The van der Waals surface area contributed by atoms with Crippen molar-refractivity contribution in [2.24, 2.45) is 5.92 Å². The molecule has 0 aliphatic carbocycles. The molecule has 1 fully saturated rings. The average Bonchev–Trinajstić information content (AvgIpc) is 3.25. The lowest BCUT2D eigenvalue weighted by Gasteiger charge is -2.36. The van der Waals surface area contributed by atoms with Crippen LogP contribution in [0.15, 0.2) is 103 Å². The number of ether oxygens (including phenoxy) is 2. The van der Waals surface area contributed by atoms with Crippen LogP contribution in [-0.2, 0) is 15.1 Å². The molecule has 3 aromatic carbocycles. The Kier molecular flexibility index (Phi) is 7.21. The van der Waals surface area contributed by atoms with Crippen LogP contribution in [0.1, 0.15) is 36.5 Å². The fourth-order valence-corrected chi connectivity index (χ4v) is 4.84. The summed E-state index contributed by atoms with van der Waals surface area (Å²) in [7, 11) is 0. The zero-order chi connectivity index (χ0) is 22.4. The lowest BCUT2D eigenvalue weighted by atomic mass is 9.80. The van der Waals surface area contributed by atoms with Crippen LogP contribution in [0, 0.1) is 5.92 Å². The second kappa shape index (κ2) is 10.3. The van der Waals surface area contributed by atoms with Gasteiger partial charge in [0.05, 0.1) is 18.8 Å². The summed E-state index contributed by atoms with van der Waals surface area (Å²) in [6.07, 6.45) is 1.42. The Bertz CT molecular complexity index is 888. The van der Waals surface area contributed by atoms with E-state index in [2.05, 4.69) is 79.4 Å². The normalized spacial score (nSPS) is 20.9. The third-order valence-electron chi connectivity index (χ3n) is 6.41. The van der Waals surface area contributed by atoms with E-state index in [9.17, 15) is 5.11 Å². The van der Waals surface area contributed by atoms with Crippen molar-refractivity contribution in [2.75, 3.05) is 13.2 Å². The maximum Gasteiger partial charge on any atom is 0.143 e. The molecule has 0 amide bonds. The van der Waals surface area contributed by atoms with Gasteiger partial charge in [0.15, 0.2) is 0 Å². The number of rotatable bonds is 9. The third-order valence-corrected chi connectivity index (χ3v) is 6.41. The lowest BCUT2D eigenvalue weighted by molar-refractivity contribution is -0.0656. The SMILES string of the molecule is C=C(C)[C@H]1C[C@H](COC(c2ccccc2)(c2ccccc2)c2ccccc2)O[C@@H]1CCO. The second-order valence-corrected chi connectivity index (χ2v) is 8.59. The van der Waals surface area contributed by atoms with E-state index in [1.165, 1.54) is 0 Å². The van der Waals surface area contributed by atoms with Gasteiger partial charge in [-0.25, -0.2) is 0 Å². The Morgan fingerprint density at radius 3 is 1.78 bits per heavy atom. The monoisotopic (exact) mass is 428 g/mol. The van der Waals surface area contributed by atoms with Gasteiger partial charge >= 0.3 is 0 Å². The van der Waals surface area contributed by atoms with Crippen molar-refractivity contribution in [2.45, 2.75) is 37.6 Å². The molecule has 1 aliphatic heterocycles.